The van der Waals surface area contributed by atoms with Gasteiger partial charge < -0.3 is 4.90 Å². The van der Waals surface area contributed by atoms with Gasteiger partial charge in [0.25, 0.3) is 0 Å². The third-order valence-electron chi connectivity index (χ3n) is 2.10. The maximum atomic E-state index is 11.3. The molecule has 4 heteroatoms. The van der Waals surface area contributed by atoms with Crippen molar-refractivity contribution in [2.75, 3.05) is 11.4 Å². The lowest BCUT2D eigenvalue weighted by atomic mass is 10.4. The average molecular weight is 197 g/mol. The second-order valence-corrected chi connectivity index (χ2v) is 3.38. The van der Waals surface area contributed by atoms with Gasteiger partial charge in [-0.05, 0) is 18.6 Å². The first-order chi connectivity index (χ1) is 6.27. The first-order valence-electron chi connectivity index (χ1n) is 4.19. The molecule has 0 saturated carbocycles. The highest BCUT2D eigenvalue weighted by molar-refractivity contribution is 6.29. The van der Waals surface area contributed by atoms with E-state index in [-0.39, 0.29) is 5.91 Å². The van der Waals surface area contributed by atoms with Gasteiger partial charge in [-0.1, -0.05) is 11.6 Å². The lowest BCUT2D eigenvalue weighted by Crippen LogP contribution is -2.23. The molecule has 1 aliphatic rings. The number of nitrogens with zero attached hydrogens (tertiary/aromatic N) is 2. The number of carbonyl (C=O) groups is 1. The molecular formula is C9H9ClN2O. The normalized spacial score (nSPS) is 16.7. The summed E-state index contributed by atoms with van der Waals surface area (Å²) in [5, 5.41) is 0.454. The number of hydrogen-bond donors (Lipinski definition) is 0. The van der Waals surface area contributed by atoms with E-state index in [4.69, 9.17) is 11.6 Å². The fourth-order valence-corrected chi connectivity index (χ4v) is 1.56. The molecular weight excluding hydrogens is 188 g/mol. The van der Waals surface area contributed by atoms with Crippen molar-refractivity contribution in [1.82, 2.24) is 4.98 Å². The topological polar surface area (TPSA) is 33.2 Å². The van der Waals surface area contributed by atoms with Crippen LogP contribution in [0.15, 0.2) is 18.3 Å². The van der Waals surface area contributed by atoms with E-state index in [1.165, 1.54) is 0 Å². The van der Waals surface area contributed by atoms with Gasteiger partial charge in [-0.2, -0.15) is 0 Å². The molecule has 0 radical (unpaired) electrons. The molecule has 2 rings (SSSR count). The summed E-state index contributed by atoms with van der Waals surface area (Å²) in [6, 6.07) is 3.51. The van der Waals surface area contributed by atoms with Crippen LogP contribution in [0.5, 0.6) is 0 Å². The summed E-state index contributed by atoms with van der Waals surface area (Å²) in [5.74, 6) is 0.170. The van der Waals surface area contributed by atoms with E-state index in [1.807, 2.05) is 6.07 Å². The number of hydrogen-bond acceptors (Lipinski definition) is 2. The van der Waals surface area contributed by atoms with Crippen LogP contribution < -0.4 is 4.90 Å². The number of anilines is 1. The Kier molecular flexibility index (Phi) is 2.19. The average Bonchev–Trinajstić information content (AvgIpc) is 2.53. The zero-order valence-electron chi connectivity index (χ0n) is 7.03. The molecule has 0 atom stereocenters. The molecule has 0 aromatic carbocycles. The third-order valence-corrected chi connectivity index (χ3v) is 2.32. The Balaban J connectivity index is 2.25. The highest BCUT2D eigenvalue weighted by atomic mass is 35.5. The van der Waals surface area contributed by atoms with Gasteiger partial charge in [-0.3, -0.25) is 4.79 Å². The Labute approximate surface area is 81.3 Å². The van der Waals surface area contributed by atoms with Gasteiger partial charge in [0.2, 0.25) is 5.91 Å². The van der Waals surface area contributed by atoms with Crippen molar-refractivity contribution < 1.29 is 4.79 Å². The van der Waals surface area contributed by atoms with E-state index < -0.39 is 0 Å². The molecule has 0 bridgehead atoms. The summed E-state index contributed by atoms with van der Waals surface area (Å²) in [6.45, 7) is 0.794. The lowest BCUT2D eigenvalue weighted by molar-refractivity contribution is -0.117. The second kappa shape index (κ2) is 3.34. The monoisotopic (exact) mass is 196 g/mol. The summed E-state index contributed by atoms with van der Waals surface area (Å²) in [6.07, 6.45) is 3.20. The Morgan fingerprint density at radius 3 is 2.85 bits per heavy atom. The van der Waals surface area contributed by atoms with E-state index in [9.17, 15) is 4.79 Å². The summed E-state index contributed by atoms with van der Waals surface area (Å²) in [5.41, 5.74) is 0.840. The fourth-order valence-electron chi connectivity index (χ4n) is 1.45. The van der Waals surface area contributed by atoms with Crippen LogP contribution in [0, 0.1) is 0 Å². The SMILES string of the molecule is O=C1CCCN1c1ccc(Cl)nc1. The van der Waals surface area contributed by atoms with Gasteiger partial charge in [0.05, 0.1) is 11.9 Å². The summed E-state index contributed by atoms with van der Waals surface area (Å²) >= 11 is 5.64. The van der Waals surface area contributed by atoms with Crippen molar-refractivity contribution >= 4 is 23.2 Å². The Morgan fingerprint density at radius 1 is 1.46 bits per heavy atom. The van der Waals surface area contributed by atoms with Crippen LogP contribution in [0.2, 0.25) is 5.15 Å². The molecule has 0 unspecified atom stereocenters. The molecule has 1 saturated heterocycles. The standard InChI is InChI=1S/C9H9ClN2O/c10-8-4-3-7(6-11-8)12-5-1-2-9(12)13/h3-4,6H,1-2,5H2. The van der Waals surface area contributed by atoms with E-state index in [1.54, 1.807) is 17.2 Å². The largest absolute Gasteiger partial charge is 0.311 e. The highest BCUT2D eigenvalue weighted by Gasteiger charge is 2.21. The van der Waals surface area contributed by atoms with Crippen molar-refractivity contribution in [3.05, 3.63) is 23.5 Å². The van der Waals surface area contributed by atoms with E-state index in [0.29, 0.717) is 11.6 Å². The molecule has 68 valence electrons. The number of amides is 1. The van der Waals surface area contributed by atoms with Gasteiger partial charge in [-0.15, -0.1) is 0 Å². The van der Waals surface area contributed by atoms with Crippen LogP contribution in [-0.2, 0) is 4.79 Å². The summed E-state index contributed by atoms with van der Waals surface area (Å²) in [4.78, 5) is 17.0. The zero-order valence-corrected chi connectivity index (χ0v) is 7.79. The Morgan fingerprint density at radius 2 is 2.31 bits per heavy atom. The highest BCUT2D eigenvalue weighted by Crippen LogP contribution is 2.20. The van der Waals surface area contributed by atoms with Gasteiger partial charge in [0.1, 0.15) is 5.15 Å². The maximum Gasteiger partial charge on any atom is 0.227 e. The Bertz CT molecular complexity index is 323. The quantitative estimate of drug-likeness (QED) is 0.643. The van der Waals surface area contributed by atoms with Crippen LogP contribution in [0.4, 0.5) is 5.69 Å². The molecule has 1 fully saturated rings. The number of carbonyl (C=O) groups excluding carboxylic acids is 1. The Hall–Kier alpha value is -1.09. The number of halogens is 1. The molecule has 1 aliphatic heterocycles. The van der Waals surface area contributed by atoms with E-state index >= 15 is 0 Å². The summed E-state index contributed by atoms with van der Waals surface area (Å²) in [7, 11) is 0. The fraction of sp³-hybridized carbons (Fsp3) is 0.333. The molecule has 13 heavy (non-hydrogen) atoms. The second-order valence-electron chi connectivity index (χ2n) is 2.99. The zero-order chi connectivity index (χ0) is 9.26. The van der Waals surface area contributed by atoms with Crippen molar-refractivity contribution in [3.8, 4) is 0 Å². The van der Waals surface area contributed by atoms with Crippen molar-refractivity contribution in [2.24, 2.45) is 0 Å². The first-order valence-corrected chi connectivity index (χ1v) is 4.57. The molecule has 0 N–H and O–H groups in total. The molecule has 1 aromatic heterocycles. The van der Waals surface area contributed by atoms with Gasteiger partial charge in [0.15, 0.2) is 0 Å². The minimum atomic E-state index is 0.170. The number of aromatic nitrogens is 1. The van der Waals surface area contributed by atoms with Crippen LogP contribution in [0.3, 0.4) is 0 Å². The van der Waals surface area contributed by atoms with Crippen molar-refractivity contribution in [1.29, 1.82) is 0 Å². The van der Waals surface area contributed by atoms with Crippen LogP contribution in [0.25, 0.3) is 0 Å². The first kappa shape index (κ1) is 8.51. The minimum absolute atomic E-state index is 0.170. The van der Waals surface area contributed by atoms with Gasteiger partial charge in [-0.25, -0.2) is 4.98 Å². The molecule has 1 amide bonds. The molecule has 3 nitrogen and oxygen atoms in total. The maximum absolute atomic E-state index is 11.3. The molecule has 0 spiro atoms. The summed E-state index contributed by atoms with van der Waals surface area (Å²) < 4.78 is 0. The van der Waals surface area contributed by atoms with E-state index in [0.717, 1.165) is 18.7 Å². The van der Waals surface area contributed by atoms with Gasteiger partial charge in [0, 0.05) is 13.0 Å². The third kappa shape index (κ3) is 1.65. The molecule has 1 aromatic rings. The van der Waals surface area contributed by atoms with Crippen LogP contribution in [-0.4, -0.2) is 17.4 Å². The molecule has 0 aliphatic carbocycles. The number of rotatable bonds is 1. The smallest absolute Gasteiger partial charge is 0.227 e. The van der Waals surface area contributed by atoms with Crippen LogP contribution in [0.1, 0.15) is 12.8 Å². The molecule has 2 heterocycles. The van der Waals surface area contributed by atoms with E-state index in [2.05, 4.69) is 4.98 Å². The van der Waals surface area contributed by atoms with Crippen molar-refractivity contribution in [3.63, 3.8) is 0 Å². The lowest BCUT2D eigenvalue weighted by Gasteiger charge is -2.14. The minimum Gasteiger partial charge on any atom is -0.311 e. The van der Waals surface area contributed by atoms with Gasteiger partial charge >= 0.3 is 0 Å². The number of pyridine rings is 1. The van der Waals surface area contributed by atoms with Crippen LogP contribution >= 0.6 is 11.6 Å². The predicted molar refractivity (Wildman–Crippen MR) is 50.8 cm³/mol. The van der Waals surface area contributed by atoms with Crippen molar-refractivity contribution in [2.45, 2.75) is 12.8 Å². The predicted octanol–water partition coefficient (Wildman–Crippen LogP) is 1.86.